The molecule has 2 aliphatic heterocycles. The maximum absolute atomic E-state index is 12.1. The van der Waals surface area contributed by atoms with Crippen LogP contribution in [0.1, 0.15) is 59.4 Å². The largest absolute Gasteiger partial charge is 0.381 e. The minimum atomic E-state index is -0.946. The van der Waals surface area contributed by atoms with Crippen LogP contribution in [0.3, 0.4) is 0 Å². The second kappa shape index (κ2) is 6.32. The third kappa shape index (κ3) is 2.58. The van der Waals surface area contributed by atoms with E-state index in [0.29, 0.717) is 17.8 Å². The van der Waals surface area contributed by atoms with Gasteiger partial charge in [-0.15, -0.1) is 0 Å². The maximum atomic E-state index is 12.1. The van der Waals surface area contributed by atoms with E-state index in [2.05, 4.69) is 51.7 Å². The molecule has 6 atom stereocenters. The summed E-state index contributed by atoms with van der Waals surface area (Å²) in [6.07, 6.45) is 3.66. The van der Waals surface area contributed by atoms with Gasteiger partial charge in [0.05, 0.1) is 6.10 Å². The fourth-order valence-corrected chi connectivity index (χ4v) is 6.03. The number of hydrogen-bond acceptors (Lipinski definition) is 3. The van der Waals surface area contributed by atoms with E-state index in [1.807, 2.05) is 18.2 Å². The van der Waals surface area contributed by atoms with Crippen LogP contribution in [0.5, 0.6) is 0 Å². The molecule has 1 aromatic rings. The molecule has 3 aliphatic rings. The number of hydrogen-bond donors (Lipinski definition) is 1. The van der Waals surface area contributed by atoms with Crippen LogP contribution in [0.2, 0.25) is 0 Å². The molecule has 0 amide bonds. The van der Waals surface area contributed by atoms with Gasteiger partial charge in [-0.1, -0.05) is 57.5 Å². The topological polar surface area (TPSA) is 32.7 Å². The van der Waals surface area contributed by atoms with Crippen LogP contribution < -0.4 is 0 Å². The first-order valence-electron chi connectivity index (χ1n) is 10.5. The van der Waals surface area contributed by atoms with E-state index in [1.54, 1.807) is 0 Å². The quantitative estimate of drug-likeness (QED) is 0.851. The molecule has 1 saturated carbocycles. The lowest BCUT2D eigenvalue weighted by molar-refractivity contribution is -0.265. The Hall–Kier alpha value is -0.900. The second-order valence-corrected chi connectivity index (χ2v) is 9.90. The zero-order valence-electron chi connectivity index (χ0n) is 17.0. The van der Waals surface area contributed by atoms with Crippen molar-refractivity contribution < 1.29 is 9.84 Å². The highest BCUT2D eigenvalue weighted by Gasteiger charge is 2.64. The molecular weight excluding hydrogens is 322 g/mol. The summed E-state index contributed by atoms with van der Waals surface area (Å²) in [7, 11) is 0. The van der Waals surface area contributed by atoms with Gasteiger partial charge in [0, 0.05) is 23.9 Å². The Morgan fingerprint density at radius 1 is 1.15 bits per heavy atom. The molecule has 1 N–H and O–H groups in total. The third-order valence-corrected chi connectivity index (χ3v) is 7.66. The molecule has 2 saturated heterocycles. The molecule has 144 valence electrons. The first-order valence-corrected chi connectivity index (χ1v) is 10.5. The fraction of sp³-hybridized carbons (Fsp3) is 0.739. The maximum Gasteiger partial charge on any atom is 0.145 e. The summed E-state index contributed by atoms with van der Waals surface area (Å²) in [6, 6.07) is 10.2. The molecule has 0 aromatic heterocycles. The lowest BCUT2D eigenvalue weighted by atomic mass is 9.69. The van der Waals surface area contributed by atoms with Crippen molar-refractivity contribution in [1.82, 2.24) is 4.90 Å². The van der Waals surface area contributed by atoms with Gasteiger partial charge >= 0.3 is 0 Å². The molecule has 1 aromatic carbocycles. The van der Waals surface area contributed by atoms with Crippen molar-refractivity contribution in [3.63, 3.8) is 0 Å². The molecule has 3 nitrogen and oxygen atoms in total. The summed E-state index contributed by atoms with van der Waals surface area (Å²) < 4.78 is 6.75. The zero-order chi connectivity index (χ0) is 18.7. The monoisotopic (exact) mass is 357 g/mol. The smallest absolute Gasteiger partial charge is 0.145 e. The van der Waals surface area contributed by atoms with Crippen LogP contribution in [0.15, 0.2) is 30.3 Å². The van der Waals surface area contributed by atoms with E-state index >= 15 is 0 Å². The molecule has 4 rings (SSSR count). The SMILES string of the molecule is CC(C)[C@H]1CN2C(OC3C[C@H](C)CCC3C2(C)C)[C@@]1(O)c1ccccc1. The van der Waals surface area contributed by atoms with Crippen molar-refractivity contribution in [2.45, 2.75) is 77.4 Å². The van der Waals surface area contributed by atoms with Gasteiger partial charge < -0.3 is 9.84 Å². The Balaban J connectivity index is 1.78. The highest BCUT2D eigenvalue weighted by Crippen LogP contribution is 2.55. The van der Waals surface area contributed by atoms with E-state index in [4.69, 9.17) is 4.74 Å². The van der Waals surface area contributed by atoms with Gasteiger partial charge in [0.25, 0.3) is 0 Å². The van der Waals surface area contributed by atoms with Gasteiger partial charge in [0.15, 0.2) is 0 Å². The average Bonchev–Trinajstić information content (AvgIpc) is 2.91. The molecule has 3 heteroatoms. The first kappa shape index (κ1) is 18.5. The molecule has 0 spiro atoms. The predicted molar refractivity (Wildman–Crippen MR) is 105 cm³/mol. The number of ether oxygens (including phenoxy) is 1. The first-order chi connectivity index (χ1) is 12.3. The highest BCUT2D eigenvalue weighted by molar-refractivity contribution is 5.28. The van der Waals surface area contributed by atoms with E-state index < -0.39 is 5.60 Å². The molecular formula is C23H35NO2. The van der Waals surface area contributed by atoms with Gasteiger partial charge in [0.2, 0.25) is 0 Å². The van der Waals surface area contributed by atoms with Crippen LogP contribution >= 0.6 is 0 Å². The lowest BCUT2D eigenvalue weighted by Gasteiger charge is -2.56. The van der Waals surface area contributed by atoms with Gasteiger partial charge in [-0.25, -0.2) is 0 Å². The number of aliphatic hydroxyl groups is 1. The summed E-state index contributed by atoms with van der Waals surface area (Å²) in [4.78, 5) is 2.49. The van der Waals surface area contributed by atoms with E-state index in [9.17, 15) is 5.11 Å². The van der Waals surface area contributed by atoms with Crippen molar-refractivity contribution in [2.75, 3.05) is 6.54 Å². The van der Waals surface area contributed by atoms with Crippen molar-refractivity contribution in [1.29, 1.82) is 0 Å². The molecule has 3 unspecified atom stereocenters. The Morgan fingerprint density at radius 2 is 1.85 bits per heavy atom. The van der Waals surface area contributed by atoms with Crippen LogP contribution in [0.25, 0.3) is 0 Å². The number of benzene rings is 1. The Kier molecular flexibility index (Phi) is 4.49. The summed E-state index contributed by atoms with van der Waals surface area (Å²) in [5, 5.41) is 12.1. The van der Waals surface area contributed by atoms with E-state index in [-0.39, 0.29) is 23.8 Å². The normalized spacial score (nSPS) is 42.5. The predicted octanol–water partition coefficient (Wildman–Crippen LogP) is 4.40. The van der Waals surface area contributed by atoms with Crippen LogP contribution in [0, 0.1) is 23.7 Å². The molecule has 2 heterocycles. The van der Waals surface area contributed by atoms with Crippen molar-refractivity contribution in [3.05, 3.63) is 35.9 Å². The van der Waals surface area contributed by atoms with Gasteiger partial charge in [-0.2, -0.15) is 0 Å². The van der Waals surface area contributed by atoms with Crippen molar-refractivity contribution >= 4 is 0 Å². The van der Waals surface area contributed by atoms with E-state index in [0.717, 1.165) is 18.5 Å². The number of rotatable bonds is 2. The minimum absolute atomic E-state index is 0.0557. The summed E-state index contributed by atoms with van der Waals surface area (Å²) in [5.41, 5.74) is 0.114. The van der Waals surface area contributed by atoms with Crippen molar-refractivity contribution in [2.24, 2.45) is 23.7 Å². The van der Waals surface area contributed by atoms with E-state index in [1.165, 1.54) is 12.8 Å². The van der Waals surface area contributed by atoms with Crippen LogP contribution in [-0.2, 0) is 10.3 Å². The van der Waals surface area contributed by atoms with Gasteiger partial charge in [0.1, 0.15) is 11.8 Å². The van der Waals surface area contributed by atoms with Crippen molar-refractivity contribution in [3.8, 4) is 0 Å². The second-order valence-electron chi connectivity index (χ2n) is 9.90. The molecule has 0 radical (unpaired) electrons. The molecule has 0 bridgehead atoms. The Morgan fingerprint density at radius 3 is 2.50 bits per heavy atom. The molecule has 26 heavy (non-hydrogen) atoms. The van der Waals surface area contributed by atoms with Crippen LogP contribution in [-0.4, -0.2) is 34.4 Å². The van der Waals surface area contributed by atoms with Gasteiger partial charge in [-0.3, -0.25) is 4.90 Å². The zero-order valence-corrected chi connectivity index (χ0v) is 17.0. The Labute approximate surface area is 158 Å². The lowest BCUT2D eigenvalue weighted by Crippen LogP contribution is -2.65. The van der Waals surface area contributed by atoms with Crippen LogP contribution in [0.4, 0.5) is 0 Å². The minimum Gasteiger partial charge on any atom is -0.381 e. The molecule has 3 fully saturated rings. The Bertz CT molecular complexity index is 643. The highest BCUT2D eigenvalue weighted by atomic mass is 16.5. The molecule has 1 aliphatic carbocycles. The standard InChI is InChI=1S/C23H35NO2/c1-15(2)19-14-24-21(23(19,25)17-9-7-6-8-10-17)26-20-13-16(3)11-12-18(20)22(24,4)5/h6-10,15-16,18-21,25H,11-14H2,1-5H3/t16-,18?,19-,20?,21?,23-/m1/s1. The summed E-state index contributed by atoms with van der Waals surface area (Å²) in [5.74, 6) is 1.84. The average molecular weight is 358 g/mol. The summed E-state index contributed by atoms with van der Waals surface area (Å²) >= 11 is 0. The summed E-state index contributed by atoms with van der Waals surface area (Å²) in [6.45, 7) is 12.5. The third-order valence-electron chi connectivity index (χ3n) is 7.66. The number of fused-ring (bicyclic) bond motifs is 2. The fourth-order valence-electron chi connectivity index (χ4n) is 6.03. The van der Waals surface area contributed by atoms with Gasteiger partial charge in [-0.05, 0) is 44.1 Å². The number of nitrogens with zero attached hydrogens (tertiary/aromatic N) is 1.